The normalized spacial score (nSPS) is 13.0. The van der Waals surface area contributed by atoms with Crippen LogP contribution in [0, 0.1) is 10.1 Å². The molecule has 0 bridgehead atoms. The number of thiophene rings is 1. The second-order valence-corrected chi connectivity index (χ2v) is 7.67. The SMILES string of the molecule is CCCOC(=O)c1c(NC(=O)CCn2cc([N+](=O)[O-])cn2)sc2c1CCCC2. The maximum Gasteiger partial charge on any atom is 0.341 e. The fourth-order valence-corrected chi connectivity index (χ4v) is 4.40. The van der Waals surface area contributed by atoms with Gasteiger partial charge in [0.15, 0.2) is 0 Å². The first kappa shape index (κ1) is 20.0. The Morgan fingerprint density at radius 1 is 1.39 bits per heavy atom. The van der Waals surface area contributed by atoms with Gasteiger partial charge in [-0.15, -0.1) is 11.3 Å². The van der Waals surface area contributed by atoms with Gasteiger partial charge in [0, 0.05) is 17.8 Å². The van der Waals surface area contributed by atoms with Crippen molar-refractivity contribution in [3.05, 3.63) is 38.5 Å². The Bertz CT molecular complexity index is 889. The lowest BCUT2D eigenvalue weighted by Crippen LogP contribution is -2.17. The zero-order valence-electron chi connectivity index (χ0n) is 15.6. The lowest BCUT2D eigenvalue weighted by atomic mass is 9.95. The van der Waals surface area contributed by atoms with Gasteiger partial charge in [0.1, 0.15) is 17.4 Å². The molecule has 0 aromatic carbocycles. The number of anilines is 1. The van der Waals surface area contributed by atoms with Crippen LogP contribution in [0.25, 0.3) is 0 Å². The van der Waals surface area contributed by atoms with Crippen molar-refractivity contribution in [1.82, 2.24) is 9.78 Å². The first-order valence-corrected chi connectivity index (χ1v) is 10.1. The molecular formula is C18H22N4O5S. The predicted molar refractivity (Wildman–Crippen MR) is 104 cm³/mol. The molecule has 28 heavy (non-hydrogen) atoms. The number of carbonyl (C=O) groups is 2. The van der Waals surface area contributed by atoms with Gasteiger partial charge in [-0.05, 0) is 37.7 Å². The van der Waals surface area contributed by atoms with Gasteiger partial charge in [0.25, 0.3) is 0 Å². The van der Waals surface area contributed by atoms with E-state index in [-0.39, 0.29) is 30.5 Å². The molecule has 3 rings (SSSR count). The molecule has 10 heteroatoms. The molecular weight excluding hydrogens is 384 g/mol. The molecule has 0 atom stereocenters. The number of hydrogen-bond acceptors (Lipinski definition) is 7. The van der Waals surface area contributed by atoms with Crippen LogP contribution in [-0.4, -0.2) is 33.2 Å². The lowest BCUT2D eigenvalue weighted by molar-refractivity contribution is -0.385. The quantitative estimate of drug-likeness (QED) is 0.408. The van der Waals surface area contributed by atoms with Crippen molar-refractivity contribution in [2.24, 2.45) is 0 Å². The van der Waals surface area contributed by atoms with Gasteiger partial charge in [-0.3, -0.25) is 19.6 Å². The van der Waals surface area contributed by atoms with Crippen molar-refractivity contribution in [2.45, 2.75) is 52.0 Å². The van der Waals surface area contributed by atoms with Crippen LogP contribution in [0.15, 0.2) is 12.4 Å². The van der Waals surface area contributed by atoms with E-state index in [4.69, 9.17) is 4.74 Å². The fourth-order valence-electron chi connectivity index (χ4n) is 3.11. The highest BCUT2D eigenvalue weighted by Gasteiger charge is 2.27. The summed E-state index contributed by atoms with van der Waals surface area (Å²) >= 11 is 1.44. The van der Waals surface area contributed by atoms with Crippen molar-refractivity contribution in [2.75, 3.05) is 11.9 Å². The van der Waals surface area contributed by atoms with E-state index < -0.39 is 4.92 Å². The molecule has 1 N–H and O–H groups in total. The minimum atomic E-state index is -0.534. The van der Waals surface area contributed by atoms with E-state index in [1.807, 2.05) is 6.92 Å². The van der Waals surface area contributed by atoms with Gasteiger partial charge < -0.3 is 10.1 Å². The Kier molecular flexibility index (Phi) is 6.40. The second-order valence-electron chi connectivity index (χ2n) is 6.57. The van der Waals surface area contributed by atoms with Crippen molar-refractivity contribution < 1.29 is 19.2 Å². The monoisotopic (exact) mass is 406 g/mol. The number of nitrogens with one attached hydrogen (secondary N) is 1. The molecule has 1 aliphatic carbocycles. The third-order valence-electron chi connectivity index (χ3n) is 4.46. The van der Waals surface area contributed by atoms with Crippen molar-refractivity contribution in [3.8, 4) is 0 Å². The number of nitrogens with zero attached hydrogens (tertiary/aromatic N) is 3. The molecule has 9 nitrogen and oxygen atoms in total. The van der Waals surface area contributed by atoms with E-state index in [1.54, 1.807) is 0 Å². The fraction of sp³-hybridized carbons (Fsp3) is 0.500. The van der Waals surface area contributed by atoms with Gasteiger partial charge in [-0.25, -0.2) is 4.79 Å². The number of esters is 1. The summed E-state index contributed by atoms with van der Waals surface area (Å²) < 4.78 is 6.67. The predicted octanol–water partition coefficient (Wildman–Crippen LogP) is 3.33. The molecule has 2 aromatic rings. The Balaban J connectivity index is 1.69. The number of aromatic nitrogens is 2. The molecule has 0 unspecified atom stereocenters. The van der Waals surface area contributed by atoms with Gasteiger partial charge in [-0.2, -0.15) is 5.10 Å². The highest BCUT2D eigenvalue weighted by molar-refractivity contribution is 7.17. The van der Waals surface area contributed by atoms with Gasteiger partial charge in [0.2, 0.25) is 5.91 Å². The van der Waals surface area contributed by atoms with Crippen LogP contribution in [0.5, 0.6) is 0 Å². The summed E-state index contributed by atoms with van der Waals surface area (Å²) in [6.07, 6.45) is 7.06. The Labute approximate surface area is 165 Å². The number of rotatable bonds is 8. The smallest absolute Gasteiger partial charge is 0.341 e. The molecule has 1 amide bonds. The summed E-state index contributed by atoms with van der Waals surface area (Å²) in [5, 5.41) is 17.9. The van der Waals surface area contributed by atoms with Crippen LogP contribution in [-0.2, 0) is 28.9 Å². The number of aryl methyl sites for hydroxylation is 2. The molecule has 1 aliphatic rings. The maximum absolute atomic E-state index is 12.5. The molecule has 0 saturated heterocycles. The van der Waals surface area contributed by atoms with E-state index in [2.05, 4.69) is 10.4 Å². The average molecular weight is 406 g/mol. The third-order valence-corrected chi connectivity index (χ3v) is 5.67. The maximum atomic E-state index is 12.5. The average Bonchev–Trinajstić information content (AvgIpc) is 3.29. The molecule has 0 fully saturated rings. The van der Waals surface area contributed by atoms with Crippen molar-refractivity contribution >= 4 is 33.9 Å². The summed E-state index contributed by atoms with van der Waals surface area (Å²) in [6.45, 7) is 2.48. The van der Waals surface area contributed by atoms with Crippen LogP contribution < -0.4 is 5.32 Å². The van der Waals surface area contributed by atoms with Crippen molar-refractivity contribution in [1.29, 1.82) is 0 Å². The summed E-state index contributed by atoms with van der Waals surface area (Å²) in [4.78, 5) is 36.2. The number of nitro groups is 1. The lowest BCUT2D eigenvalue weighted by Gasteiger charge is -2.12. The third kappa shape index (κ3) is 4.56. The van der Waals surface area contributed by atoms with E-state index in [0.29, 0.717) is 17.2 Å². The second kappa shape index (κ2) is 8.96. The molecule has 0 aliphatic heterocycles. The topological polar surface area (TPSA) is 116 Å². The number of fused-ring (bicyclic) bond motifs is 1. The Hall–Kier alpha value is -2.75. The Morgan fingerprint density at radius 3 is 2.89 bits per heavy atom. The molecule has 0 radical (unpaired) electrons. The standard InChI is InChI=1S/C18H22N4O5S/c1-2-9-27-18(24)16-13-5-3-4-6-14(13)28-17(16)20-15(23)7-8-21-11-12(10-19-21)22(25)26/h10-11H,2-9H2,1H3,(H,20,23). The minimum absolute atomic E-state index is 0.0881. The van der Waals surface area contributed by atoms with Gasteiger partial charge in [0.05, 0.1) is 17.1 Å². The van der Waals surface area contributed by atoms with E-state index in [0.717, 1.165) is 48.7 Å². The van der Waals surface area contributed by atoms with E-state index >= 15 is 0 Å². The zero-order chi connectivity index (χ0) is 20.1. The van der Waals surface area contributed by atoms with E-state index in [1.165, 1.54) is 22.2 Å². The van der Waals surface area contributed by atoms with Crippen LogP contribution in [0.3, 0.4) is 0 Å². The van der Waals surface area contributed by atoms with Gasteiger partial charge in [-0.1, -0.05) is 6.92 Å². The highest BCUT2D eigenvalue weighted by Crippen LogP contribution is 2.38. The number of ether oxygens (including phenoxy) is 1. The highest BCUT2D eigenvalue weighted by atomic mass is 32.1. The van der Waals surface area contributed by atoms with E-state index in [9.17, 15) is 19.7 Å². The zero-order valence-corrected chi connectivity index (χ0v) is 16.4. The summed E-state index contributed by atoms with van der Waals surface area (Å²) in [5.41, 5.74) is 1.36. The van der Waals surface area contributed by atoms with Crippen LogP contribution >= 0.6 is 11.3 Å². The molecule has 2 heterocycles. The van der Waals surface area contributed by atoms with Crippen molar-refractivity contribution in [3.63, 3.8) is 0 Å². The minimum Gasteiger partial charge on any atom is -0.462 e. The first-order valence-electron chi connectivity index (χ1n) is 9.28. The largest absolute Gasteiger partial charge is 0.462 e. The molecule has 0 saturated carbocycles. The number of carbonyl (C=O) groups excluding carboxylic acids is 2. The number of hydrogen-bond donors (Lipinski definition) is 1. The van der Waals surface area contributed by atoms with Gasteiger partial charge >= 0.3 is 11.7 Å². The molecule has 2 aromatic heterocycles. The molecule has 150 valence electrons. The van der Waals surface area contributed by atoms with Crippen LogP contribution in [0.2, 0.25) is 0 Å². The summed E-state index contributed by atoms with van der Waals surface area (Å²) in [7, 11) is 0. The Morgan fingerprint density at radius 2 is 2.18 bits per heavy atom. The number of amides is 1. The summed E-state index contributed by atoms with van der Waals surface area (Å²) in [6, 6.07) is 0. The van der Waals surface area contributed by atoms with Crippen LogP contribution in [0.4, 0.5) is 10.7 Å². The summed E-state index contributed by atoms with van der Waals surface area (Å²) in [5.74, 6) is -0.666. The first-order chi connectivity index (χ1) is 13.5. The molecule has 0 spiro atoms. The van der Waals surface area contributed by atoms with Crippen LogP contribution in [0.1, 0.15) is 53.4 Å².